The third kappa shape index (κ3) is 5.93. The number of benzene rings is 1. The Balaban J connectivity index is 1.34. The second kappa shape index (κ2) is 9.70. The molecule has 2 aromatic rings. The molecule has 3 rings (SSSR count). The van der Waals surface area contributed by atoms with E-state index in [2.05, 4.69) is 40.2 Å². The van der Waals surface area contributed by atoms with E-state index in [4.69, 9.17) is 0 Å². The minimum absolute atomic E-state index is 0.288. The van der Waals surface area contributed by atoms with Gasteiger partial charge in [-0.2, -0.15) is 0 Å². The van der Waals surface area contributed by atoms with Gasteiger partial charge in [-0.3, -0.25) is 9.69 Å². The zero-order valence-electron chi connectivity index (χ0n) is 16.7. The summed E-state index contributed by atoms with van der Waals surface area (Å²) in [6.07, 6.45) is 8.61. The quantitative estimate of drug-likeness (QED) is 0.719. The maximum Gasteiger partial charge on any atom is 0.222 e. The molecule has 1 aliphatic heterocycles. The number of piperidine rings is 1. The Labute approximate surface area is 163 Å². The fourth-order valence-corrected chi connectivity index (χ4v) is 3.83. The lowest BCUT2D eigenvalue weighted by Crippen LogP contribution is -2.36. The maximum absolute atomic E-state index is 12.5. The number of aryl methyl sites for hydroxylation is 2. The van der Waals surface area contributed by atoms with Crippen LogP contribution in [0.5, 0.6) is 0 Å². The van der Waals surface area contributed by atoms with Crippen LogP contribution in [0.15, 0.2) is 42.7 Å². The standard InChI is InChI=1S/C22H32N4O/c1-24-16-12-23-21(24)9-6-13-25(2)22(27)17-19-10-14-26(15-11-19)18-20-7-4-3-5-8-20/h3-5,7-8,12,16,19H,6,9-11,13-15,17-18H2,1-2H3. The molecule has 27 heavy (non-hydrogen) atoms. The summed E-state index contributed by atoms with van der Waals surface area (Å²) in [6.45, 7) is 4.01. The molecule has 5 nitrogen and oxygen atoms in total. The number of likely N-dealkylation sites (tertiary alicyclic amines) is 1. The molecular weight excluding hydrogens is 336 g/mol. The fourth-order valence-electron chi connectivity index (χ4n) is 3.83. The molecule has 0 N–H and O–H groups in total. The van der Waals surface area contributed by atoms with E-state index in [0.717, 1.165) is 57.7 Å². The number of carbonyl (C=O) groups is 1. The van der Waals surface area contributed by atoms with E-state index in [1.807, 2.05) is 36.0 Å². The molecule has 0 saturated carbocycles. The first-order valence-electron chi connectivity index (χ1n) is 10.1. The summed E-state index contributed by atoms with van der Waals surface area (Å²) >= 11 is 0. The predicted molar refractivity (Wildman–Crippen MR) is 108 cm³/mol. The van der Waals surface area contributed by atoms with Gasteiger partial charge in [-0.1, -0.05) is 30.3 Å². The predicted octanol–water partition coefficient (Wildman–Crippen LogP) is 3.11. The van der Waals surface area contributed by atoms with Crippen LogP contribution < -0.4 is 0 Å². The topological polar surface area (TPSA) is 41.4 Å². The lowest BCUT2D eigenvalue weighted by atomic mass is 9.92. The average Bonchev–Trinajstić information content (AvgIpc) is 3.09. The van der Waals surface area contributed by atoms with Gasteiger partial charge in [0.25, 0.3) is 0 Å². The van der Waals surface area contributed by atoms with Crippen molar-refractivity contribution in [2.75, 3.05) is 26.7 Å². The summed E-state index contributed by atoms with van der Waals surface area (Å²) in [5, 5.41) is 0. The van der Waals surface area contributed by atoms with E-state index in [1.54, 1.807) is 0 Å². The van der Waals surface area contributed by atoms with Gasteiger partial charge in [0.05, 0.1) is 0 Å². The Hall–Kier alpha value is -2.14. The second-order valence-electron chi connectivity index (χ2n) is 7.78. The molecule has 1 saturated heterocycles. The molecule has 5 heteroatoms. The molecule has 1 fully saturated rings. The number of aromatic nitrogens is 2. The molecule has 1 aliphatic rings. The van der Waals surface area contributed by atoms with Gasteiger partial charge in [0, 0.05) is 52.4 Å². The third-order valence-corrected chi connectivity index (χ3v) is 5.66. The van der Waals surface area contributed by atoms with Crippen LogP contribution in [-0.2, 0) is 24.8 Å². The molecule has 0 spiro atoms. The van der Waals surface area contributed by atoms with Crippen molar-refractivity contribution < 1.29 is 4.79 Å². The molecule has 0 radical (unpaired) electrons. The largest absolute Gasteiger partial charge is 0.346 e. The number of imidazole rings is 1. The Morgan fingerprint density at radius 2 is 1.96 bits per heavy atom. The zero-order chi connectivity index (χ0) is 19.1. The number of rotatable bonds is 8. The van der Waals surface area contributed by atoms with Gasteiger partial charge >= 0.3 is 0 Å². The lowest BCUT2D eigenvalue weighted by Gasteiger charge is -2.32. The van der Waals surface area contributed by atoms with E-state index in [0.29, 0.717) is 12.3 Å². The summed E-state index contributed by atoms with van der Waals surface area (Å²) < 4.78 is 2.05. The SMILES string of the molecule is CN(CCCc1nccn1C)C(=O)CC1CCN(Cc2ccccc2)CC1. The van der Waals surface area contributed by atoms with Crippen LogP contribution in [0.4, 0.5) is 0 Å². The molecule has 0 aliphatic carbocycles. The minimum atomic E-state index is 0.288. The van der Waals surface area contributed by atoms with Crippen molar-refractivity contribution >= 4 is 5.91 Å². The number of hydrogen-bond donors (Lipinski definition) is 0. The van der Waals surface area contributed by atoms with Crippen molar-refractivity contribution in [1.82, 2.24) is 19.4 Å². The summed E-state index contributed by atoms with van der Waals surface area (Å²) in [7, 11) is 3.95. The first kappa shape index (κ1) is 19.6. The second-order valence-corrected chi connectivity index (χ2v) is 7.78. The van der Waals surface area contributed by atoms with Gasteiger partial charge in [0.1, 0.15) is 5.82 Å². The van der Waals surface area contributed by atoms with Gasteiger partial charge in [0.15, 0.2) is 0 Å². The van der Waals surface area contributed by atoms with Gasteiger partial charge in [-0.05, 0) is 43.8 Å². The molecular formula is C22H32N4O. The van der Waals surface area contributed by atoms with Crippen molar-refractivity contribution in [1.29, 1.82) is 0 Å². The first-order valence-corrected chi connectivity index (χ1v) is 10.1. The lowest BCUT2D eigenvalue weighted by molar-refractivity contribution is -0.131. The Kier molecular flexibility index (Phi) is 7.04. The van der Waals surface area contributed by atoms with E-state index in [9.17, 15) is 4.79 Å². The molecule has 1 aromatic heterocycles. The maximum atomic E-state index is 12.5. The van der Waals surface area contributed by atoms with Crippen molar-refractivity contribution in [2.45, 2.75) is 38.6 Å². The molecule has 2 heterocycles. The van der Waals surface area contributed by atoms with Gasteiger partial charge < -0.3 is 9.47 Å². The first-order chi connectivity index (χ1) is 13.1. The molecule has 0 bridgehead atoms. The van der Waals surface area contributed by atoms with E-state index in [-0.39, 0.29) is 5.91 Å². The summed E-state index contributed by atoms with van der Waals surface area (Å²) in [6, 6.07) is 10.6. The van der Waals surface area contributed by atoms with Crippen LogP contribution in [0.25, 0.3) is 0 Å². The van der Waals surface area contributed by atoms with E-state index in [1.165, 1.54) is 5.56 Å². The number of carbonyl (C=O) groups excluding carboxylic acids is 1. The van der Waals surface area contributed by atoms with Crippen LogP contribution >= 0.6 is 0 Å². The number of amides is 1. The van der Waals surface area contributed by atoms with Crippen LogP contribution in [0, 0.1) is 5.92 Å². The van der Waals surface area contributed by atoms with Crippen LogP contribution in [0.3, 0.4) is 0 Å². The van der Waals surface area contributed by atoms with Crippen LogP contribution in [0.1, 0.15) is 37.1 Å². The monoisotopic (exact) mass is 368 g/mol. The van der Waals surface area contributed by atoms with Gasteiger partial charge in [-0.25, -0.2) is 4.98 Å². The summed E-state index contributed by atoms with van der Waals surface area (Å²) in [5.74, 6) is 1.90. The molecule has 1 aromatic carbocycles. The number of hydrogen-bond acceptors (Lipinski definition) is 3. The Bertz CT molecular complexity index is 704. The van der Waals surface area contributed by atoms with Crippen molar-refractivity contribution in [3.05, 3.63) is 54.1 Å². The van der Waals surface area contributed by atoms with Gasteiger partial charge in [0.2, 0.25) is 5.91 Å². The fraction of sp³-hybridized carbons (Fsp3) is 0.545. The zero-order valence-corrected chi connectivity index (χ0v) is 16.7. The highest BCUT2D eigenvalue weighted by Crippen LogP contribution is 2.22. The summed E-state index contributed by atoms with van der Waals surface area (Å²) in [4.78, 5) is 21.3. The highest BCUT2D eigenvalue weighted by molar-refractivity contribution is 5.76. The average molecular weight is 369 g/mol. The van der Waals surface area contributed by atoms with Crippen molar-refractivity contribution in [2.24, 2.45) is 13.0 Å². The van der Waals surface area contributed by atoms with Crippen molar-refractivity contribution in [3.63, 3.8) is 0 Å². The minimum Gasteiger partial charge on any atom is -0.346 e. The van der Waals surface area contributed by atoms with E-state index >= 15 is 0 Å². The van der Waals surface area contributed by atoms with Crippen LogP contribution in [0.2, 0.25) is 0 Å². The third-order valence-electron chi connectivity index (χ3n) is 5.66. The highest BCUT2D eigenvalue weighted by atomic mass is 16.2. The molecule has 1 amide bonds. The molecule has 146 valence electrons. The molecule has 0 unspecified atom stereocenters. The normalized spacial score (nSPS) is 15.8. The molecule has 0 atom stereocenters. The Morgan fingerprint density at radius 3 is 2.63 bits per heavy atom. The summed E-state index contributed by atoms with van der Waals surface area (Å²) in [5.41, 5.74) is 1.37. The van der Waals surface area contributed by atoms with E-state index < -0.39 is 0 Å². The number of nitrogens with zero attached hydrogens (tertiary/aromatic N) is 4. The highest BCUT2D eigenvalue weighted by Gasteiger charge is 2.22. The Morgan fingerprint density at radius 1 is 1.22 bits per heavy atom. The van der Waals surface area contributed by atoms with Gasteiger partial charge in [-0.15, -0.1) is 0 Å². The smallest absolute Gasteiger partial charge is 0.222 e. The van der Waals surface area contributed by atoms with Crippen LogP contribution in [-0.4, -0.2) is 51.9 Å². The van der Waals surface area contributed by atoms with Crippen molar-refractivity contribution in [3.8, 4) is 0 Å².